The highest BCUT2D eigenvalue weighted by Gasteiger charge is 2.33. The van der Waals surface area contributed by atoms with E-state index in [1.165, 1.54) is 0 Å². The molecule has 0 aliphatic heterocycles. The molecule has 0 saturated heterocycles. The van der Waals surface area contributed by atoms with Crippen LogP contribution in [0.15, 0.2) is 16.6 Å². The highest BCUT2D eigenvalue weighted by atomic mass is 79.9. The summed E-state index contributed by atoms with van der Waals surface area (Å²) in [5.41, 5.74) is 3.94. The van der Waals surface area contributed by atoms with Crippen LogP contribution in [0.25, 0.3) is 0 Å². The summed E-state index contributed by atoms with van der Waals surface area (Å²) in [6.45, 7) is 0. The van der Waals surface area contributed by atoms with Gasteiger partial charge in [0.1, 0.15) is 0 Å². The molecule has 0 fully saturated rings. The first-order valence-electron chi connectivity index (χ1n) is 3.14. The molecule has 0 aliphatic rings. The van der Waals surface area contributed by atoms with Crippen LogP contribution >= 0.6 is 27.5 Å². The average molecular weight is 274 g/mol. The Morgan fingerprint density at radius 1 is 1.31 bits per heavy atom. The van der Waals surface area contributed by atoms with Crippen molar-refractivity contribution in [3.63, 3.8) is 0 Å². The second-order valence-corrected chi connectivity index (χ2v) is 3.52. The molecule has 0 aliphatic carbocycles. The Hall–Kier alpha value is -0.420. The van der Waals surface area contributed by atoms with Crippen LogP contribution in [0.4, 0.5) is 18.9 Å². The number of hydrogen-bond donors (Lipinski definition) is 1. The maximum Gasteiger partial charge on any atom is 0.418 e. The Kier molecular flexibility index (Phi) is 2.77. The Bertz CT molecular complexity index is 337. The first-order valence-corrected chi connectivity index (χ1v) is 4.32. The predicted molar refractivity (Wildman–Crippen MR) is 48.6 cm³/mol. The third-order valence-corrected chi connectivity index (χ3v) is 2.84. The molecule has 1 aromatic carbocycles. The standard InChI is InChI=1S/C7H4BrClF3N/c8-5-4(9)2-1-3(6(5)13)7(10,11)12/h1-2H,13H2. The minimum Gasteiger partial charge on any atom is -0.397 e. The zero-order valence-electron chi connectivity index (χ0n) is 6.12. The molecular formula is C7H4BrClF3N. The first-order chi connectivity index (χ1) is 5.84. The average Bonchev–Trinajstić information content (AvgIpc) is 1.98. The first kappa shape index (κ1) is 10.7. The molecule has 2 N–H and O–H groups in total. The van der Waals surface area contributed by atoms with Crippen LogP contribution in [0, 0.1) is 0 Å². The second kappa shape index (κ2) is 3.38. The van der Waals surface area contributed by atoms with E-state index in [1.807, 2.05) is 0 Å². The Balaban J connectivity index is 3.35. The molecule has 0 radical (unpaired) electrons. The fraction of sp³-hybridized carbons (Fsp3) is 0.143. The van der Waals surface area contributed by atoms with Crippen LogP contribution in [0.1, 0.15) is 5.56 Å². The number of benzene rings is 1. The number of nitrogen functional groups attached to an aromatic ring is 1. The summed E-state index contributed by atoms with van der Waals surface area (Å²) >= 11 is 8.41. The van der Waals surface area contributed by atoms with E-state index in [9.17, 15) is 13.2 Å². The number of nitrogens with two attached hydrogens (primary N) is 1. The molecule has 0 bridgehead atoms. The maximum atomic E-state index is 12.2. The lowest BCUT2D eigenvalue weighted by atomic mass is 10.2. The molecule has 72 valence electrons. The van der Waals surface area contributed by atoms with Crippen molar-refractivity contribution in [3.8, 4) is 0 Å². The van der Waals surface area contributed by atoms with Gasteiger partial charge in [0.25, 0.3) is 0 Å². The van der Waals surface area contributed by atoms with Crippen molar-refractivity contribution in [2.75, 3.05) is 5.73 Å². The van der Waals surface area contributed by atoms with Gasteiger partial charge in [-0.2, -0.15) is 13.2 Å². The van der Waals surface area contributed by atoms with Crippen LogP contribution in [-0.2, 0) is 6.18 Å². The molecule has 1 rings (SSSR count). The van der Waals surface area contributed by atoms with E-state index in [2.05, 4.69) is 15.9 Å². The summed E-state index contributed by atoms with van der Waals surface area (Å²) in [6.07, 6.45) is -4.45. The quantitative estimate of drug-likeness (QED) is 0.717. The number of rotatable bonds is 0. The van der Waals surface area contributed by atoms with E-state index in [1.54, 1.807) is 0 Å². The molecule has 0 atom stereocenters. The van der Waals surface area contributed by atoms with Gasteiger partial charge in [-0.25, -0.2) is 0 Å². The molecular weight excluding hydrogens is 270 g/mol. The van der Waals surface area contributed by atoms with Gasteiger partial charge in [0.15, 0.2) is 0 Å². The summed E-state index contributed by atoms with van der Waals surface area (Å²) in [5.74, 6) is 0. The third-order valence-electron chi connectivity index (χ3n) is 1.44. The predicted octanol–water partition coefficient (Wildman–Crippen LogP) is 3.70. The van der Waals surface area contributed by atoms with Gasteiger partial charge < -0.3 is 5.73 Å². The number of hydrogen-bond acceptors (Lipinski definition) is 1. The lowest BCUT2D eigenvalue weighted by Crippen LogP contribution is -2.09. The fourth-order valence-corrected chi connectivity index (χ4v) is 1.32. The van der Waals surface area contributed by atoms with E-state index in [0.717, 1.165) is 12.1 Å². The maximum absolute atomic E-state index is 12.2. The second-order valence-electron chi connectivity index (χ2n) is 2.32. The Labute approximate surface area is 85.8 Å². The largest absolute Gasteiger partial charge is 0.418 e. The van der Waals surface area contributed by atoms with Gasteiger partial charge >= 0.3 is 6.18 Å². The molecule has 0 unspecified atom stereocenters. The van der Waals surface area contributed by atoms with Crippen LogP contribution in [0.3, 0.4) is 0 Å². The number of halogens is 5. The minimum atomic E-state index is -4.45. The van der Waals surface area contributed by atoms with Crippen LogP contribution in [0.2, 0.25) is 5.02 Å². The van der Waals surface area contributed by atoms with Crippen LogP contribution in [-0.4, -0.2) is 0 Å². The summed E-state index contributed by atoms with van der Waals surface area (Å²) in [6, 6.07) is 1.99. The third kappa shape index (κ3) is 2.08. The van der Waals surface area contributed by atoms with E-state index >= 15 is 0 Å². The fourth-order valence-electron chi connectivity index (χ4n) is 0.814. The van der Waals surface area contributed by atoms with E-state index < -0.39 is 11.7 Å². The Morgan fingerprint density at radius 3 is 2.31 bits per heavy atom. The van der Waals surface area contributed by atoms with E-state index in [4.69, 9.17) is 17.3 Å². The van der Waals surface area contributed by atoms with Gasteiger partial charge in [-0.1, -0.05) is 11.6 Å². The summed E-state index contributed by atoms with van der Waals surface area (Å²) in [7, 11) is 0. The van der Waals surface area contributed by atoms with Gasteiger partial charge in [-0.05, 0) is 28.1 Å². The molecule has 1 nitrogen and oxygen atoms in total. The molecule has 0 spiro atoms. The van der Waals surface area contributed by atoms with Crippen molar-refractivity contribution in [2.24, 2.45) is 0 Å². The molecule has 0 aromatic heterocycles. The molecule has 6 heteroatoms. The van der Waals surface area contributed by atoms with Crippen LogP contribution in [0.5, 0.6) is 0 Å². The highest BCUT2D eigenvalue weighted by molar-refractivity contribution is 9.10. The summed E-state index contributed by atoms with van der Waals surface area (Å²) in [5, 5.41) is 0.158. The Morgan fingerprint density at radius 2 is 1.85 bits per heavy atom. The van der Waals surface area contributed by atoms with Gasteiger partial charge in [0, 0.05) is 0 Å². The van der Waals surface area contributed by atoms with E-state index in [0.29, 0.717) is 0 Å². The molecule has 0 saturated carbocycles. The van der Waals surface area contributed by atoms with Crippen molar-refractivity contribution >= 4 is 33.2 Å². The van der Waals surface area contributed by atoms with E-state index in [-0.39, 0.29) is 15.2 Å². The van der Waals surface area contributed by atoms with Crippen molar-refractivity contribution in [2.45, 2.75) is 6.18 Å². The van der Waals surface area contributed by atoms with Gasteiger partial charge in [-0.15, -0.1) is 0 Å². The van der Waals surface area contributed by atoms with Crippen molar-refractivity contribution in [1.29, 1.82) is 0 Å². The molecule has 0 heterocycles. The van der Waals surface area contributed by atoms with Crippen molar-refractivity contribution < 1.29 is 13.2 Å². The van der Waals surface area contributed by atoms with Crippen molar-refractivity contribution in [3.05, 3.63) is 27.2 Å². The van der Waals surface area contributed by atoms with Crippen molar-refractivity contribution in [1.82, 2.24) is 0 Å². The highest BCUT2D eigenvalue weighted by Crippen LogP contribution is 2.39. The monoisotopic (exact) mass is 273 g/mol. The zero-order chi connectivity index (χ0) is 10.2. The topological polar surface area (TPSA) is 26.0 Å². The summed E-state index contributed by atoms with van der Waals surface area (Å²) in [4.78, 5) is 0. The van der Waals surface area contributed by atoms with Gasteiger partial charge in [0.2, 0.25) is 0 Å². The molecule has 1 aromatic rings. The molecule has 0 amide bonds. The smallest absolute Gasteiger partial charge is 0.397 e. The minimum absolute atomic E-state index is 0.0731. The van der Waals surface area contributed by atoms with Crippen LogP contribution < -0.4 is 5.73 Å². The molecule has 13 heavy (non-hydrogen) atoms. The van der Waals surface area contributed by atoms with Gasteiger partial charge in [-0.3, -0.25) is 0 Å². The summed E-state index contributed by atoms with van der Waals surface area (Å²) < 4.78 is 36.7. The lowest BCUT2D eigenvalue weighted by Gasteiger charge is -2.11. The number of anilines is 1. The lowest BCUT2D eigenvalue weighted by molar-refractivity contribution is -0.136. The normalized spacial score (nSPS) is 11.8. The SMILES string of the molecule is Nc1c(C(F)(F)F)ccc(Cl)c1Br. The number of alkyl halides is 3. The zero-order valence-corrected chi connectivity index (χ0v) is 8.46. The van der Waals surface area contributed by atoms with Gasteiger partial charge in [0.05, 0.1) is 20.7 Å².